The molecule has 1 aromatic carbocycles. The van der Waals surface area contributed by atoms with E-state index in [1.54, 1.807) is 7.05 Å². The van der Waals surface area contributed by atoms with E-state index in [1.165, 1.54) is 37.7 Å². The van der Waals surface area contributed by atoms with Gasteiger partial charge in [-0.2, -0.15) is 0 Å². The van der Waals surface area contributed by atoms with Gasteiger partial charge in [-0.3, -0.25) is 4.79 Å². The Balaban J connectivity index is 1.84. The smallest absolute Gasteiger partial charge is 0.257 e. The largest absolute Gasteiger partial charge is 0.484 e. The molecule has 0 aromatic heterocycles. The molecule has 3 heteroatoms. The molecule has 1 aromatic rings. The molecule has 108 valence electrons. The summed E-state index contributed by atoms with van der Waals surface area (Å²) in [6.45, 7) is 0.0633. The molecule has 1 aliphatic carbocycles. The summed E-state index contributed by atoms with van der Waals surface area (Å²) in [5.41, 5.74) is 1.18. The zero-order chi connectivity index (χ0) is 14.2. The van der Waals surface area contributed by atoms with Crippen molar-refractivity contribution in [1.29, 1.82) is 0 Å². The zero-order valence-corrected chi connectivity index (χ0v) is 12.1. The molecule has 1 aliphatic rings. The Hall–Kier alpha value is -1.77. The highest BCUT2D eigenvalue weighted by atomic mass is 16.5. The predicted molar refractivity (Wildman–Crippen MR) is 81.6 cm³/mol. The van der Waals surface area contributed by atoms with Crippen molar-refractivity contribution in [2.45, 2.75) is 32.1 Å². The minimum absolute atomic E-state index is 0.0633. The molecular weight excluding hydrogens is 250 g/mol. The van der Waals surface area contributed by atoms with Crippen molar-refractivity contribution in [3.8, 4) is 5.75 Å². The average Bonchev–Trinajstić information content (AvgIpc) is 2.52. The van der Waals surface area contributed by atoms with Gasteiger partial charge in [0, 0.05) is 7.05 Å². The number of amides is 1. The van der Waals surface area contributed by atoms with E-state index >= 15 is 0 Å². The number of benzene rings is 1. The first-order valence-electron chi connectivity index (χ1n) is 7.39. The molecule has 3 nitrogen and oxygen atoms in total. The molecule has 1 N–H and O–H groups in total. The topological polar surface area (TPSA) is 38.3 Å². The fourth-order valence-corrected chi connectivity index (χ4v) is 2.47. The second kappa shape index (κ2) is 7.73. The van der Waals surface area contributed by atoms with Crippen LogP contribution in [0.15, 0.2) is 30.3 Å². The van der Waals surface area contributed by atoms with E-state index in [0.29, 0.717) is 0 Å². The van der Waals surface area contributed by atoms with Crippen LogP contribution in [0.4, 0.5) is 0 Å². The normalized spacial score (nSPS) is 16.2. The second-order valence-corrected chi connectivity index (χ2v) is 5.29. The van der Waals surface area contributed by atoms with Crippen molar-refractivity contribution in [1.82, 2.24) is 5.32 Å². The number of carbonyl (C=O) groups excluding carboxylic acids is 1. The van der Waals surface area contributed by atoms with Crippen LogP contribution in [0, 0.1) is 5.92 Å². The van der Waals surface area contributed by atoms with Crippen LogP contribution in [0.1, 0.15) is 37.7 Å². The first-order chi connectivity index (χ1) is 9.78. The van der Waals surface area contributed by atoms with Gasteiger partial charge in [0.05, 0.1) is 0 Å². The number of carbonyl (C=O) groups is 1. The third-order valence-corrected chi connectivity index (χ3v) is 3.74. The molecular formula is C17H23NO2. The number of rotatable bonds is 5. The summed E-state index contributed by atoms with van der Waals surface area (Å²) in [6, 6.07) is 7.87. The van der Waals surface area contributed by atoms with E-state index in [4.69, 9.17) is 4.74 Å². The Morgan fingerprint density at radius 3 is 2.60 bits per heavy atom. The fourth-order valence-electron chi connectivity index (χ4n) is 2.47. The van der Waals surface area contributed by atoms with Crippen molar-refractivity contribution >= 4 is 12.0 Å². The van der Waals surface area contributed by atoms with Crippen molar-refractivity contribution in [2.24, 2.45) is 5.92 Å². The molecule has 0 radical (unpaired) electrons. The van der Waals surface area contributed by atoms with Gasteiger partial charge in [-0.15, -0.1) is 0 Å². The van der Waals surface area contributed by atoms with Gasteiger partial charge in [0.1, 0.15) is 5.75 Å². The van der Waals surface area contributed by atoms with Crippen LogP contribution in [0.5, 0.6) is 5.75 Å². The van der Waals surface area contributed by atoms with Crippen molar-refractivity contribution in [3.63, 3.8) is 0 Å². The highest BCUT2D eigenvalue weighted by molar-refractivity contribution is 5.77. The summed E-state index contributed by atoms with van der Waals surface area (Å²) >= 11 is 0. The number of hydrogen-bond donors (Lipinski definition) is 1. The Morgan fingerprint density at radius 2 is 1.95 bits per heavy atom. The van der Waals surface area contributed by atoms with Crippen LogP contribution in [-0.4, -0.2) is 19.6 Å². The molecule has 0 spiro atoms. The monoisotopic (exact) mass is 273 g/mol. The predicted octanol–water partition coefficient (Wildman–Crippen LogP) is 3.40. The number of likely N-dealkylation sites (N-methyl/N-ethyl adjacent to an activating group) is 1. The quantitative estimate of drug-likeness (QED) is 0.893. The Morgan fingerprint density at radius 1 is 1.25 bits per heavy atom. The summed E-state index contributed by atoms with van der Waals surface area (Å²) in [6.07, 6.45) is 11.3. The highest BCUT2D eigenvalue weighted by Crippen LogP contribution is 2.25. The summed E-state index contributed by atoms with van der Waals surface area (Å²) in [5, 5.41) is 2.53. The van der Waals surface area contributed by atoms with E-state index in [-0.39, 0.29) is 12.5 Å². The molecule has 1 amide bonds. The third kappa shape index (κ3) is 4.72. The van der Waals surface area contributed by atoms with Gasteiger partial charge in [0.2, 0.25) is 0 Å². The number of ether oxygens (including phenoxy) is 1. The van der Waals surface area contributed by atoms with Crippen LogP contribution in [-0.2, 0) is 4.79 Å². The summed E-state index contributed by atoms with van der Waals surface area (Å²) in [4.78, 5) is 11.1. The molecule has 20 heavy (non-hydrogen) atoms. The lowest BCUT2D eigenvalue weighted by Gasteiger charge is -2.17. The van der Waals surface area contributed by atoms with E-state index in [0.717, 1.165) is 11.7 Å². The highest BCUT2D eigenvalue weighted by Gasteiger charge is 2.09. The van der Waals surface area contributed by atoms with E-state index < -0.39 is 0 Å². The minimum Gasteiger partial charge on any atom is -0.484 e. The van der Waals surface area contributed by atoms with Gasteiger partial charge < -0.3 is 10.1 Å². The number of hydrogen-bond acceptors (Lipinski definition) is 2. The molecule has 0 bridgehead atoms. The molecule has 1 saturated carbocycles. The van der Waals surface area contributed by atoms with Crippen LogP contribution in [0.25, 0.3) is 6.08 Å². The maximum atomic E-state index is 11.1. The zero-order valence-electron chi connectivity index (χ0n) is 12.1. The standard InChI is InChI=1S/C17H23NO2/c1-18-17(19)13-20-16-11-9-15(10-12-16)8-7-14-5-3-2-4-6-14/h7-12,14H,2-6,13H2,1H3,(H,18,19). The van der Waals surface area contributed by atoms with E-state index in [1.807, 2.05) is 24.3 Å². The maximum Gasteiger partial charge on any atom is 0.257 e. The van der Waals surface area contributed by atoms with Gasteiger partial charge in [-0.05, 0) is 36.5 Å². The first kappa shape index (κ1) is 14.6. The number of allylic oxidation sites excluding steroid dienone is 1. The summed E-state index contributed by atoms with van der Waals surface area (Å²) in [7, 11) is 1.60. The van der Waals surface area contributed by atoms with Gasteiger partial charge in [-0.25, -0.2) is 0 Å². The molecule has 0 saturated heterocycles. The number of nitrogens with one attached hydrogen (secondary N) is 1. The first-order valence-corrected chi connectivity index (χ1v) is 7.39. The van der Waals surface area contributed by atoms with Gasteiger partial charge in [0.25, 0.3) is 5.91 Å². The molecule has 1 fully saturated rings. The lowest BCUT2D eigenvalue weighted by atomic mass is 9.89. The molecule has 0 atom stereocenters. The van der Waals surface area contributed by atoms with E-state index in [9.17, 15) is 4.79 Å². The minimum atomic E-state index is -0.119. The van der Waals surface area contributed by atoms with Crippen LogP contribution < -0.4 is 10.1 Å². The molecule has 0 heterocycles. The average molecular weight is 273 g/mol. The Bertz CT molecular complexity index is 445. The van der Waals surface area contributed by atoms with Crippen molar-refractivity contribution < 1.29 is 9.53 Å². The van der Waals surface area contributed by atoms with Gasteiger partial charge >= 0.3 is 0 Å². The van der Waals surface area contributed by atoms with Crippen molar-refractivity contribution in [3.05, 3.63) is 35.9 Å². The molecule has 0 aliphatic heterocycles. The van der Waals surface area contributed by atoms with Crippen LogP contribution in [0.2, 0.25) is 0 Å². The molecule has 2 rings (SSSR count). The summed E-state index contributed by atoms with van der Waals surface area (Å²) < 4.78 is 5.37. The SMILES string of the molecule is CNC(=O)COc1ccc(C=CC2CCCCC2)cc1. The second-order valence-electron chi connectivity index (χ2n) is 5.29. The fraction of sp³-hybridized carbons (Fsp3) is 0.471. The third-order valence-electron chi connectivity index (χ3n) is 3.74. The van der Waals surface area contributed by atoms with Gasteiger partial charge in [0.15, 0.2) is 6.61 Å². The lowest BCUT2D eigenvalue weighted by Crippen LogP contribution is -2.24. The van der Waals surface area contributed by atoms with E-state index in [2.05, 4.69) is 17.5 Å². The summed E-state index contributed by atoms with van der Waals surface area (Å²) in [5.74, 6) is 1.35. The Labute approximate surface area is 121 Å². The maximum absolute atomic E-state index is 11.1. The Kier molecular flexibility index (Phi) is 5.66. The molecule has 0 unspecified atom stereocenters. The van der Waals surface area contributed by atoms with Gasteiger partial charge in [-0.1, -0.05) is 43.5 Å². The van der Waals surface area contributed by atoms with Crippen LogP contribution >= 0.6 is 0 Å². The van der Waals surface area contributed by atoms with Crippen LogP contribution in [0.3, 0.4) is 0 Å². The lowest BCUT2D eigenvalue weighted by molar-refractivity contribution is -0.122. The van der Waals surface area contributed by atoms with Crippen molar-refractivity contribution in [2.75, 3.05) is 13.7 Å².